The van der Waals surface area contributed by atoms with Gasteiger partial charge >= 0.3 is 0 Å². The Bertz CT molecular complexity index is 371. The summed E-state index contributed by atoms with van der Waals surface area (Å²) in [5, 5.41) is 11.6. The Balaban J connectivity index is 1.91. The molecule has 0 spiro atoms. The summed E-state index contributed by atoms with van der Waals surface area (Å²) in [5.41, 5.74) is 0.861. The fourth-order valence-electron chi connectivity index (χ4n) is 2.14. The van der Waals surface area contributed by atoms with Crippen molar-refractivity contribution in [2.75, 3.05) is 13.2 Å². The van der Waals surface area contributed by atoms with Gasteiger partial charge in [0.05, 0.1) is 5.41 Å². The van der Waals surface area contributed by atoms with Crippen molar-refractivity contribution in [1.29, 1.82) is 0 Å². The zero-order valence-corrected chi connectivity index (χ0v) is 9.98. The fraction of sp³-hybridized carbons (Fsp3) is 0.500. The molecule has 0 aromatic heterocycles. The highest BCUT2D eigenvalue weighted by atomic mass is 16.2. The van der Waals surface area contributed by atoms with Gasteiger partial charge in [0.2, 0.25) is 5.91 Å². The van der Waals surface area contributed by atoms with Crippen molar-refractivity contribution in [2.45, 2.75) is 31.1 Å². The molecule has 3 heteroatoms. The maximum Gasteiger partial charge on any atom is 0.230 e. The molecule has 92 valence electrons. The van der Waals surface area contributed by atoms with Gasteiger partial charge in [0.25, 0.3) is 0 Å². The second-order valence-corrected chi connectivity index (χ2v) is 4.63. The first-order valence-corrected chi connectivity index (χ1v) is 6.24. The summed E-state index contributed by atoms with van der Waals surface area (Å²) in [6.45, 7) is 0.855. The summed E-state index contributed by atoms with van der Waals surface area (Å²) < 4.78 is 0. The van der Waals surface area contributed by atoms with E-state index in [4.69, 9.17) is 5.11 Å². The van der Waals surface area contributed by atoms with Gasteiger partial charge in [0, 0.05) is 13.2 Å². The number of benzene rings is 1. The zero-order chi connectivity index (χ0) is 12.1. The third-order valence-corrected chi connectivity index (χ3v) is 3.38. The normalized spacial score (nSPS) is 16.5. The van der Waals surface area contributed by atoms with Gasteiger partial charge in [-0.05, 0) is 31.2 Å². The summed E-state index contributed by atoms with van der Waals surface area (Å²) in [5.74, 6) is 0.140. The van der Waals surface area contributed by atoms with Gasteiger partial charge in [-0.3, -0.25) is 4.79 Å². The summed E-state index contributed by atoms with van der Waals surface area (Å²) in [6, 6.07) is 9.99. The van der Waals surface area contributed by atoms with Crippen LogP contribution in [0.3, 0.4) is 0 Å². The topological polar surface area (TPSA) is 49.3 Å². The molecule has 0 unspecified atom stereocenters. The number of nitrogens with one attached hydrogen (secondary N) is 1. The van der Waals surface area contributed by atoms with Crippen molar-refractivity contribution in [2.24, 2.45) is 0 Å². The zero-order valence-electron chi connectivity index (χ0n) is 9.98. The second-order valence-electron chi connectivity index (χ2n) is 4.63. The quantitative estimate of drug-likeness (QED) is 0.733. The lowest BCUT2D eigenvalue weighted by atomic mass is 9.95. The van der Waals surface area contributed by atoms with E-state index in [0.29, 0.717) is 6.54 Å². The minimum Gasteiger partial charge on any atom is -0.396 e. The van der Waals surface area contributed by atoms with Crippen molar-refractivity contribution in [3.8, 4) is 0 Å². The first-order chi connectivity index (χ1) is 8.29. The molecule has 17 heavy (non-hydrogen) atoms. The predicted molar refractivity (Wildman–Crippen MR) is 66.7 cm³/mol. The molecule has 1 aromatic rings. The number of carbonyl (C=O) groups excluding carboxylic acids is 1. The molecule has 2 N–H and O–H groups in total. The highest BCUT2D eigenvalue weighted by Gasteiger charge is 2.50. The van der Waals surface area contributed by atoms with Gasteiger partial charge in [0.1, 0.15) is 0 Å². The van der Waals surface area contributed by atoms with E-state index in [1.807, 2.05) is 30.3 Å². The second kappa shape index (κ2) is 5.32. The number of carbonyl (C=O) groups is 1. The number of unbranched alkanes of at least 4 members (excludes halogenated alkanes) is 1. The van der Waals surface area contributed by atoms with Crippen LogP contribution < -0.4 is 5.32 Å². The van der Waals surface area contributed by atoms with Crippen molar-refractivity contribution >= 4 is 5.91 Å². The molecule has 3 nitrogen and oxygen atoms in total. The third-order valence-electron chi connectivity index (χ3n) is 3.38. The lowest BCUT2D eigenvalue weighted by molar-refractivity contribution is -0.123. The molecule has 0 bridgehead atoms. The molecule has 1 aliphatic carbocycles. The summed E-state index contributed by atoms with van der Waals surface area (Å²) in [7, 11) is 0. The minimum atomic E-state index is -0.263. The highest BCUT2D eigenvalue weighted by molar-refractivity contribution is 5.91. The summed E-state index contributed by atoms with van der Waals surface area (Å²) in [6.07, 6.45) is 3.48. The Morgan fingerprint density at radius 1 is 1.24 bits per heavy atom. The van der Waals surface area contributed by atoms with Gasteiger partial charge in [-0.25, -0.2) is 0 Å². The molecule has 1 saturated carbocycles. The van der Waals surface area contributed by atoms with Crippen LogP contribution >= 0.6 is 0 Å². The number of hydrogen-bond donors (Lipinski definition) is 2. The predicted octanol–water partition coefficient (Wildman–Crippen LogP) is 1.61. The van der Waals surface area contributed by atoms with Crippen molar-refractivity contribution in [3.63, 3.8) is 0 Å². The van der Waals surface area contributed by atoms with Crippen LogP contribution in [0.1, 0.15) is 31.2 Å². The molecule has 0 radical (unpaired) electrons. The number of rotatable bonds is 6. The molecule has 0 saturated heterocycles. The largest absolute Gasteiger partial charge is 0.396 e. The molecule has 1 fully saturated rings. The van der Waals surface area contributed by atoms with E-state index in [-0.39, 0.29) is 17.9 Å². The average Bonchev–Trinajstić information content (AvgIpc) is 3.17. The van der Waals surface area contributed by atoms with E-state index < -0.39 is 0 Å². The minimum absolute atomic E-state index is 0.140. The molecule has 1 amide bonds. The van der Waals surface area contributed by atoms with Gasteiger partial charge in [-0.15, -0.1) is 0 Å². The highest BCUT2D eigenvalue weighted by Crippen LogP contribution is 2.48. The van der Waals surface area contributed by atoms with E-state index in [9.17, 15) is 4.79 Å². The van der Waals surface area contributed by atoms with E-state index in [1.165, 1.54) is 0 Å². The van der Waals surface area contributed by atoms with Gasteiger partial charge in [-0.1, -0.05) is 30.3 Å². The Morgan fingerprint density at radius 2 is 1.94 bits per heavy atom. The summed E-state index contributed by atoms with van der Waals surface area (Å²) >= 11 is 0. The van der Waals surface area contributed by atoms with E-state index in [1.54, 1.807) is 0 Å². The molecule has 1 aliphatic rings. The van der Waals surface area contributed by atoms with Crippen LogP contribution in [0.25, 0.3) is 0 Å². The first kappa shape index (κ1) is 12.1. The third kappa shape index (κ3) is 2.67. The van der Waals surface area contributed by atoms with Crippen LogP contribution in [-0.4, -0.2) is 24.2 Å². The number of aliphatic hydroxyl groups excluding tert-OH is 1. The van der Waals surface area contributed by atoms with Crippen LogP contribution in [0.15, 0.2) is 30.3 Å². The van der Waals surface area contributed by atoms with Gasteiger partial charge in [-0.2, -0.15) is 0 Å². The fourth-order valence-corrected chi connectivity index (χ4v) is 2.14. The van der Waals surface area contributed by atoms with Gasteiger partial charge in [0.15, 0.2) is 0 Å². The van der Waals surface area contributed by atoms with Gasteiger partial charge < -0.3 is 10.4 Å². The number of aliphatic hydroxyl groups is 1. The van der Waals surface area contributed by atoms with Crippen molar-refractivity contribution in [3.05, 3.63) is 35.9 Å². The van der Waals surface area contributed by atoms with Crippen molar-refractivity contribution < 1.29 is 9.90 Å². The van der Waals surface area contributed by atoms with Crippen molar-refractivity contribution in [1.82, 2.24) is 5.32 Å². The van der Waals surface area contributed by atoms with Crippen LogP contribution in [0, 0.1) is 0 Å². The molecule has 0 heterocycles. The lowest BCUT2D eigenvalue weighted by Gasteiger charge is -2.15. The van der Waals surface area contributed by atoms with E-state index >= 15 is 0 Å². The monoisotopic (exact) mass is 233 g/mol. The summed E-state index contributed by atoms with van der Waals surface area (Å²) in [4.78, 5) is 12.1. The maximum atomic E-state index is 12.1. The molecule has 0 aliphatic heterocycles. The first-order valence-electron chi connectivity index (χ1n) is 6.24. The van der Waals surface area contributed by atoms with E-state index in [2.05, 4.69) is 5.32 Å². The molecular weight excluding hydrogens is 214 g/mol. The molecule has 2 rings (SSSR count). The van der Waals surface area contributed by atoms with E-state index in [0.717, 1.165) is 31.2 Å². The van der Waals surface area contributed by atoms with Crippen LogP contribution in [0.4, 0.5) is 0 Å². The Morgan fingerprint density at radius 3 is 2.53 bits per heavy atom. The molecule has 1 aromatic carbocycles. The maximum absolute atomic E-state index is 12.1. The van der Waals surface area contributed by atoms with Crippen LogP contribution in [0.5, 0.6) is 0 Å². The van der Waals surface area contributed by atoms with Crippen LogP contribution in [-0.2, 0) is 10.2 Å². The smallest absolute Gasteiger partial charge is 0.230 e. The SMILES string of the molecule is O=C(NCCCCO)C1(c2ccccc2)CC1. The Kier molecular flexibility index (Phi) is 3.79. The average molecular weight is 233 g/mol. The lowest BCUT2D eigenvalue weighted by Crippen LogP contribution is -2.35. The number of amides is 1. The standard InChI is InChI=1S/C14H19NO2/c16-11-5-4-10-15-13(17)14(8-9-14)12-6-2-1-3-7-12/h1-3,6-7,16H,4-5,8-11H2,(H,15,17). The van der Waals surface area contributed by atoms with Crippen LogP contribution in [0.2, 0.25) is 0 Å². The Labute approximate surface area is 102 Å². The Hall–Kier alpha value is -1.35. The number of hydrogen-bond acceptors (Lipinski definition) is 2. The molecule has 0 atom stereocenters. The molecular formula is C14H19NO2.